The van der Waals surface area contributed by atoms with Gasteiger partial charge in [0, 0.05) is 14.2 Å². The summed E-state index contributed by atoms with van der Waals surface area (Å²) in [5, 5.41) is 3.81. The molecular weight excluding hydrogens is 198 g/mol. The number of aromatic nitrogens is 2. The summed E-state index contributed by atoms with van der Waals surface area (Å²) in [5.74, 6) is 0.906. The summed E-state index contributed by atoms with van der Waals surface area (Å²) in [6.07, 6.45) is 0.645. The highest BCUT2D eigenvalue weighted by Gasteiger charge is 2.19. The van der Waals surface area contributed by atoms with Crippen molar-refractivity contribution in [2.75, 3.05) is 20.8 Å². The molecule has 0 spiro atoms. The van der Waals surface area contributed by atoms with Crippen LogP contribution in [0.5, 0.6) is 0 Å². The number of hydrogen-bond acceptors (Lipinski definition) is 6. The van der Waals surface area contributed by atoms with E-state index in [0.29, 0.717) is 18.3 Å². The van der Waals surface area contributed by atoms with Crippen LogP contribution in [0.15, 0.2) is 4.52 Å². The van der Waals surface area contributed by atoms with E-state index in [2.05, 4.69) is 10.1 Å². The van der Waals surface area contributed by atoms with E-state index in [4.69, 9.17) is 19.7 Å². The lowest BCUT2D eigenvalue weighted by molar-refractivity contribution is 0.0903. The molecule has 0 radical (unpaired) electrons. The van der Waals surface area contributed by atoms with Gasteiger partial charge in [0.25, 0.3) is 0 Å². The Hall–Kier alpha value is -0.980. The first-order valence-electron chi connectivity index (χ1n) is 4.83. The van der Waals surface area contributed by atoms with Gasteiger partial charge in [0.2, 0.25) is 11.7 Å². The SMILES string of the molecule is CCC(OC)c1noc(C(N)COC)n1. The van der Waals surface area contributed by atoms with Crippen LogP contribution < -0.4 is 5.73 Å². The van der Waals surface area contributed by atoms with E-state index in [-0.39, 0.29) is 12.1 Å². The zero-order valence-electron chi connectivity index (χ0n) is 9.27. The van der Waals surface area contributed by atoms with Gasteiger partial charge in [0.15, 0.2) is 0 Å². The van der Waals surface area contributed by atoms with E-state index in [1.807, 2.05) is 6.92 Å². The van der Waals surface area contributed by atoms with Crippen molar-refractivity contribution >= 4 is 0 Å². The van der Waals surface area contributed by atoms with Crippen molar-refractivity contribution in [3.63, 3.8) is 0 Å². The van der Waals surface area contributed by atoms with Crippen LogP contribution in [0.3, 0.4) is 0 Å². The van der Waals surface area contributed by atoms with Crippen LogP contribution in [0, 0.1) is 0 Å². The van der Waals surface area contributed by atoms with Gasteiger partial charge < -0.3 is 19.7 Å². The molecule has 0 saturated heterocycles. The molecule has 86 valence electrons. The smallest absolute Gasteiger partial charge is 0.246 e. The van der Waals surface area contributed by atoms with E-state index in [9.17, 15) is 0 Å². The molecule has 0 aliphatic carbocycles. The summed E-state index contributed by atoms with van der Waals surface area (Å²) in [7, 11) is 3.18. The highest BCUT2D eigenvalue weighted by Crippen LogP contribution is 2.18. The molecule has 1 rings (SSSR count). The van der Waals surface area contributed by atoms with Crippen LogP contribution in [0.1, 0.15) is 37.2 Å². The van der Waals surface area contributed by atoms with Gasteiger partial charge >= 0.3 is 0 Å². The van der Waals surface area contributed by atoms with Crippen molar-refractivity contribution in [3.8, 4) is 0 Å². The standard InChI is InChI=1S/C9H17N3O3/c1-4-7(14-3)8-11-9(15-12-8)6(10)5-13-2/h6-7H,4-5,10H2,1-3H3. The molecule has 6 nitrogen and oxygen atoms in total. The predicted octanol–water partition coefficient (Wildman–Crippen LogP) is 0.813. The van der Waals surface area contributed by atoms with Gasteiger partial charge in [-0.3, -0.25) is 0 Å². The van der Waals surface area contributed by atoms with Crippen molar-refractivity contribution < 1.29 is 14.0 Å². The average Bonchev–Trinajstić information content (AvgIpc) is 2.69. The molecule has 0 fully saturated rings. The monoisotopic (exact) mass is 215 g/mol. The van der Waals surface area contributed by atoms with Gasteiger partial charge in [0.1, 0.15) is 12.1 Å². The van der Waals surface area contributed by atoms with Crippen molar-refractivity contribution in [2.24, 2.45) is 5.73 Å². The topological polar surface area (TPSA) is 83.4 Å². The average molecular weight is 215 g/mol. The Morgan fingerprint density at radius 2 is 2.20 bits per heavy atom. The maximum Gasteiger partial charge on any atom is 0.246 e. The molecule has 2 unspecified atom stereocenters. The van der Waals surface area contributed by atoms with Crippen LogP contribution in [0.2, 0.25) is 0 Å². The lowest BCUT2D eigenvalue weighted by Gasteiger charge is -2.06. The minimum atomic E-state index is -0.384. The Morgan fingerprint density at radius 3 is 2.73 bits per heavy atom. The highest BCUT2D eigenvalue weighted by atomic mass is 16.5. The quantitative estimate of drug-likeness (QED) is 0.756. The minimum absolute atomic E-state index is 0.141. The fourth-order valence-corrected chi connectivity index (χ4v) is 1.23. The molecule has 15 heavy (non-hydrogen) atoms. The van der Waals surface area contributed by atoms with Crippen molar-refractivity contribution in [1.82, 2.24) is 10.1 Å². The van der Waals surface area contributed by atoms with E-state index in [1.165, 1.54) is 0 Å². The number of nitrogens with zero attached hydrogens (tertiary/aromatic N) is 2. The lowest BCUT2D eigenvalue weighted by Crippen LogP contribution is -2.16. The zero-order valence-corrected chi connectivity index (χ0v) is 9.27. The maximum atomic E-state index is 5.74. The Kier molecular flexibility index (Phi) is 4.67. The molecule has 6 heteroatoms. The molecule has 0 amide bonds. The predicted molar refractivity (Wildman–Crippen MR) is 53.1 cm³/mol. The Morgan fingerprint density at radius 1 is 1.47 bits per heavy atom. The summed E-state index contributed by atoms with van der Waals surface area (Å²) in [6, 6.07) is -0.384. The molecule has 1 aromatic rings. The van der Waals surface area contributed by atoms with Crippen LogP contribution in [-0.4, -0.2) is 31.0 Å². The van der Waals surface area contributed by atoms with Gasteiger partial charge in [-0.1, -0.05) is 12.1 Å². The minimum Gasteiger partial charge on any atom is -0.383 e. The normalized spacial score (nSPS) is 15.2. The lowest BCUT2D eigenvalue weighted by atomic mass is 10.2. The molecule has 0 aliphatic rings. The summed E-state index contributed by atoms with van der Waals surface area (Å²) in [4.78, 5) is 4.16. The second-order valence-corrected chi connectivity index (χ2v) is 3.19. The second-order valence-electron chi connectivity index (χ2n) is 3.19. The number of nitrogens with two attached hydrogens (primary N) is 1. The van der Waals surface area contributed by atoms with Crippen LogP contribution in [0.4, 0.5) is 0 Å². The fraction of sp³-hybridized carbons (Fsp3) is 0.778. The Bertz CT molecular complexity index is 286. The van der Waals surface area contributed by atoms with E-state index < -0.39 is 0 Å². The second kappa shape index (κ2) is 5.79. The molecule has 0 bridgehead atoms. The van der Waals surface area contributed by atoms with Crippen LogP contribution in [0.25, 0.3) is 0 Å². The summed E-state index contributed by atoms with van der Waals surface area (Å²) in [6.45, 7) is 2.34. The van der Waals surface area contributed by atoms with E-state index in [1.54, 1.807) is 14.2 Å². The Balaban J connectivity index is 2.70. The van der Waals surface area contributed by atoms with Crippen LogP contribution in [-0.2, 0) is 9.47 Å². The molecule has 1 heterocycles. The number of ether oxygens (including phenoxy) is 2. The Labute approximate surface area is 88.7 Å². The molecule has 2 atom stereocenters. The van der Waals surface area contributed by atoms with Gasteiger partial charge in [-0.15, -0.1) is 0 Å². The van der Waals surface area contributed by atoms with Crippen molar-refractivity contribution in [1.29, 1.82) is 0 Å². The van der Waals surface area contributed by atoms with E-state index >= 15 is 0 Å². The summed E-state index contributed by atoms with van der Waals surface area (Å²) >= 11 is 0. The third kappa shape index (κ3) is 2.98. The van der Waals surface area contributed by atoms with E-state index in [0.717, 1.165) is 6.42 Å². The first-order valence-corrected chi connectivity index (χ1v) is 4.83. The largest absolute Gasteiger partial charge is 0.383 e. The van der Waals surface area contributed by atoms with Gasteiger partial charge in [-0.05, 0) is 6.42 Å². The van der Waals surface area contributed by atoms with Gasteiger partial charge in [0.05, 0.1) is 6.61 Å². The zero-order chi connectivity index (χ0) is 11.3. The first kappa shape index (κ1) is 12.1. The van der Waals surface area contributed by atoms with Gasteiger partial charge in [-0.25, -0.2) is 0 Å². The molecular formula is C9H17N3O3. The van der Waals surface area contributed by atoms with Crippen molar-refractivity contribution in [2.45, 2.75) is 25.5 Å². The molecule has 0 saturated carbocycles. The number of rotatable bonds is 6. The third-order valence-electron chi connectivity index (χ3n) is 2.06. The fourth-order valence-electron chi connectivity index (χ4n) is 1.23. The summed E-state index contributed by atoms with van der Waals surface area (Å²) < 4.78 is 15.1. The molecule has 1 aromatic heterocycles. The number of hydrogen-bond donors (Lipinski definition) is 1. The van der Waals surface area contributed by atoms with Gasteiger partial charge in [-0.2, -0.15) is 4.98 Å². The third-order valence-corrected chi connectivity index (χ3v) is 2.06. The molecule has 2 N–H and O–H groups in total. The highest BCUT2D eigenvalue weighted by molar-refractivity contribution is 4.94. The van der Waals surface area contributed by atoms with Crippen molar-refractivity contribution in [3.05, 3.63) is 11.7 Å². The van der Waals surface area contributed by atoms with Crippen LogP contribution >= 0.6 is 0 Å². The first-order chi connectivity index (χ1) is 7.22. The molecule has 0 aliphatic heterocycles. The summed E-state index contributed by atoms with van der Waals surface area (Å²) in [5.41, 5.74) is 5.74. The maximum absolute atomic E-state index is 5.74. The molecule has 0 aromatic carbocycles. The number of methoxy groups -OCH3 is 2.